The predicted molar refractivity (Wildman–Crippen MR) is 271 cm³/mol. The van der Waals surface area contributed by atoms with Crippen LogP contribution in [0.5, 0.6) is 0 Å². The van der Waals surface area contributed by atoms with E-state index in [4.69, 9.17) is 17.5 Å². The Balaban J connectivity index is -0.000000991. The minimum absolute atomic E-state index is 0.431. The molecule has 0 N–H and O–H groups in total. The van der Waals surface area contributed by atoms with E-state index in [1.54, 1.807) is 0 Å². The first-order valence-corrected chi connectivity index (χ1v) is 28.6. The van der Waals surface area contributed by atoms with E-state index in [-0.39, 0.29) is 0 Å². The Morgan fingerprint density at radius 2 is 0.492 bits per heavy atom. The molecule has 0 aliphatic rings. The predicted octanol–water partition coefficient (Wildman–Crippen LogP) is 17.2. The van der Waals surface area contributed by atoms with Crippen molar-refractivity contribution in [2.75, 3.05) is 40.3 Å². The summed E-state index contributed by atoms with van der Waals surface area (Å²) in [6, 6.07) is 0. The lowest BCUT2D eigenvalue weighted by Crippen LogP contribution is -2.59. The second-order valence-electron chi connectivity index (χ2n) is 21.0. The first-order valence-electron chi connectivity index (χ1n) is 27.2. The maximum absolute atomic E-state index is 8.52. The van der Waals surface area contributed by atoms with Crippen LogP contribution in [0.1, 0.15) is 300 Å². The zero-order valence-electron chi connectivity index (χ0n) is 44.2. The number of hydrogen-bond acceptors (Lipinski definition) is 4. The molecule has 0 aromatic carbocycles. The van der Waals surface area contributed by atoms with Crippen LogP contribution in [0.25, 0.3) is 0 Å². The summed E-state index contributed by atoms with van der Waals surface area (Å²) in [4.78, 5) is 0. The van der Waals surface area contributed by atoms with E-state index >= 15 is 0 Å². The van der Waals surface area contributed by atoms with Crippen LogP contribution in [-0.4, -0.2) is 77.8 Å². The molecular formula is C54H116N2O4S. The van der Waals surface area contributed by atoms with Gasteiger partial charge in [0.25, 0.3) is 0 Å². The number of unbranched alkanes of at least 4 members (excludes halogenated alkanes) is 30. The lowest BCUT2D eigenvalue weighted by Gasteiger charge is -2.47. The molecule has 6 nitrogen and oxygen atoms in total. The molecule has 0 heterocycles. The standard InChI is InChI=1S/2C27H58N.H2O4S/c2*1-7-10-11-12-13-14-15-16-17-18-19-20-21-22-23-24-25-27(4,5)28(6,9-3)26-8-2;1-5(2,3)4/h2*7-26H2,1-6H3;(H2,1,2,3,4)/q2*+1;/p-2. The van der Waals surface area contributed by atoms with Crippen LogP contribution in [0.15, 0.2) is 0 Å². The molecule has 0 radical (unpaired) electrons. The highest BCUT2D eigenvalue weighted by Crippen LogP contribution is 2.30. The van der Waals surface area contributed by atoms with E-state index in [1.165, 1.54) is 266 Å². The third kappa shape index (κ3) is 41.0. The second kappa shape index (κ2) is 42.4. The fraction of sp³-hybridized carbons (Fsp3) is 1.00. The molecule has 61 heavy (non-hydrogen) atoms. The molecule has 2 unspecified atom stereocenters. The van der Waals surface area contributed by atoms with E-state index in [9.17, 15) is 0 Å². The quantitative estimate of drug-likeness (QED) is 0.0265. The smallest absolute Gasteiger partial charge is 0.0933 e. The van der Waals surface area contributed by atoms with E-state index in [2.05, 4.69) is 83.3 Å². The van der Waals surface area contributed by atoms with E-state index < -0.39 is 10.4 Å². The van der Waals surface area contributed by atoms with Crippen LogP contribution in [0, 0.1) is 0 Å². The first kappa shape index (κ1) is 65.1. The third-order valence-electron chi connectivity index (χ3n) is 15.0. The van der Waals surface area contributed by atoms with Gasteiger partial charge in [-0.05, 0) is 67.2 Å². The highest BCUT2D eigenvalue weighted by molar-refractivity contribution is 7.79. The SMILES string of the molecule is CCCCCCCCCCCCCCCCCCC(C)(C)[N+](C)(CC)CCC.CCCCCCCCCCCCCCCCCCC(C)(C)[N+](C)(CC)CCC.O=S(=O)([O-])[O-]. The van der Waals surface area contributed by atoms with E-state index in [0.29, 0.717) is 11.1 Å². The average Bonchev–Trinajstić information content (AvgIpc) is 3.20. The van der Waals surface area contributed by atoms with Gasteiger partial charge in [0.15, 0.2) is 0 Å². The Bertz CT molecular complexity index is 931. The molecule has 0 aliphatic carbocycles. The van der Waals surface area contributed by atoms with Gasteiger partial charge in [0.1, 0.15) is 0 Å². The van der Waals surface area contributed by atoms with Gasteiger partial charge in [0.2, 0.25) is 0 Å². The molecular weight excluding hydrogens is 773 g/mol. The van der Waals surface area contributed by atoms with Crippen molar-refractivity contribution in [2.45, 2.75) is 311 Å². The number of quaternary nitrogens is 2. The molecule has 0 rings (SSSR count). The maximum Gasteiger partial charge on any atom is 0.0933 e. The Labute approximate surface area is 387 Å². The molecule has 0 saturated heterocycles. The fourth-order valence-corrected chi connectivity index (χ4v) is 9.52. The van der Waals surface area contributed by atoms with Gasteiger partial charge in [-0.2, -0.15) is 0 Å². The minimum atomic E-state index is -5.17. The van der Waals surface area contributed by atoms with Crippen molar-refractivity contribution >= 4 is 10.4 Å². The summed E-state index contributed by atoms with van der Waals surface area (Å²) in [6.07, 6.45) is 52.1. The monoisotopic (exact) mass is 889 g/mol. The molecule has 7 heteroatoms. The molecule has 0 aliphatic heterocycles. The molecule has 0 saturated carbocycles. The normalized spacial score (nSPS) is 14.1. The maximum atomic E-state index is 8.52. The Kier molecular flexibility index (Phi) is 45.3. The molecule has 0 bridgehead atoms. The van der Waals surface area contributed by atoms with Gasteiger partial charge in [-0.15, -0.1) is 0 Å². The average molecular weight is 890 g/mol. The Morgan fingerprint density at radius 3 is 0.639 bits per heavy atom. The van der Waals surface area contributed by atoms with Gasteiger partial charge < -0.3 is 18.1 Å². The number of rotatable bonds is 42. The highest BCUT2D eigenvalue weighted by atomic mass is 32.3. The summed E-state index contributed by atoms with van der Waals surface area (Å²) < 4.78 is 36.6. The fourth-order valence-electron chi connectivity index (χ4n) is 9.52. The number of hydrogen-bond donors (Lipinski definition) is 0. The summed E-state index contributed by atoms with van der Waals surface area (Å²) in [7, 11) is -0.230. The van der Waals surface area contributed by atoms with Crippen molar-refractivity contribution in [1.82, 2.24) is 0 Å². The molecule has 0 aromatic heterocycles. The van der Waals surface area contributed by atoms with Crippen molar-refractivity contribution < 1.29 is 26.5 Å². The van der Waals surface area contributed by atoms with Crippen LogP contribution in [-0.2, 0) is 10.4 Å². The van der Waals surface area contributed by atoms with Crippen LogP contribution < -0.4 is 0 Å². The van der Waals surface area contributed by atoms with E-state index in [1.807, 2.05) is 0 Å². The zero-order valence-corrected chi connectivity index (χ0v) is 45.0. The summed E-state index contributed by atoms with van der Waals surface area (Å²) in [5, 5.41) is 0. The van der Waals surface area contributed by atoms with Crippen LogP contribution in [0.2, 0.25) is 0 Å². The van der Waals surface area contributed by atoms with Gasteiger partial charge in [0, 0.05) is 23.2 Å². The van der Waals surface area contributed by atoms with Crippen molar-refractivity contribution in [3.8, 4) is 0 Å². The van der Waals surface area contributed by atoms with Gasteiger partial charge >= 0.3 is 0 Å². The summed E-state index contributed by atoms with van der Waals surface area (Å²) in [5.74, 6) is 0. The molecule has 0 aromatic rings. The Morgan fingerprint density at radius 1 is 0.328 bits per heavy atom. The zero-order chi connectivity index (χ0) is 46.8. The van der Waals surface area contributed by atoms with Crippen molar-refractivity contribution in [3.05, 3.63) is 0 Å². The molecule has 0 amide bonds. The van der Waals surface area contributed by atoms with Gasteiger partial charge in [-0.1, -0.05) is 220 Å². The largest absolute Gasteiger partial charge is 0.759 e. The molecule has 2 atom stereocenters. The topological polar surface area (TPSA) is 80.3 Å². The Hall–Kier alpha value is -0.210. The minimum Gasteiger partial charge on any atom is -0.759 e. The van der Waals surface area contributed by atoms with E-state index in [0.717, 1.165) is 0 Å². The van der Waals surface area contributed by atoms with Gasteiger partial charge in [-0.3, -0.25) is 8.42 Å². The third-order valence-corrected chi connectivity index (χ3v) is 15.0. The summed E-state index contributed by atoms with van der Waals surface area (Å²) in [6.45, 7) is 29.2. The number of nitrogens with zero attached hydrogens (tertiary/aromatic N) is 2. The lowest BCUT2D eigenvalue weighted by molar-refractivity contribution is -0.954. The van der Waals surface area contributed by atoms with Gasteiger partial charge in [0.05, 0.1) is 51.4 Å². The van der Waals surface area contributed by atoms with Crippen molar-refractivity contribution in [2.24, 2.45) is 0 Å². The van der Waals surface area contributed by atoms with Crippen LogP contribution in [0.3, 0.4) is 0 Å². The first-order chi connectivity index (χ1) is 28.9. The summed E-state index contributed by atoms with van der Waals surface area (Å²) in [5.41, 5.74) is 0.863. The van der Waals surface area contributed by atoms with Gasteiger partial charge in [-0.25, -0.2) is 0 Å². The second-order valence-corrected chi connectivity index (χ2v) is 21.8. The highest BCUT2D eigenvalue weighted by Gasteiger charge is 2.38. The summed E-state index contributed by atoms with van der Waals surface area (Å²) >= 11 is 0. The molecule has 0 fully saturated rings. The van der Waals surface area contributed by atoms with Crippen LogP contribution in [0.4, 0.5) is 0 Å². The van der Waals surface area contributed by atoms with Crippen molar-refractivity contribution in [3.63, 3.8) is 0 Å². The van der Waals surface area contributed by atoms with Crippen molar-refractivity contribution in [1.29, 1.82) is 0 Å². The molecule has 372 valence electrons. The van der Waals surface area contributed by atoms with Crippen LogP contribution >= 0.6 is 0 Å². The molecule has 0 spiro atoms. The lowest BCUT2D eigenvalue weighted by atomic mass is 9.91.